The predicted molar refractivity (Wildman–Crippen MR) is 106 cm³/mol. The second kappa shape index (κ2) is 8.85. The van der Waals surface area contributed by atoms with Gasteiger partial charge < -0.3 is 15.1 Å². The van der Waals surface area contributed by atoms with Crippen LogP contribution in [-0.2, 0) is 4.79 Å². The Kier molecular flexibility index (Phi) is 6.28. The van der Waals surface area contributed by atoms with Crippen LogP contribution in [0.1, 0.15) is 22.5 Å². The van der Waals surface area contributed by atoms with Gasteiger partial charge in [-0.25, -0.2) is 0 Å². The Morgan fingerprint density at radius 3 is 2.77 bits per heavy atom. The van der Waals surface area contributed by atoms with Gasteiger partial charge in [0.15, 0.2) is 0 Å². The van der Waals surface area contributed by atoms with Gasteiger partial charge in [-0.15, -0.1) is 11.3 Å². The van der Waals surface area contributed by atoms with E-state index in [0.29, 0.717) is 13.1 Å². The zero-order valence-electron chi connectivity index (χ0n) is 15.1. The molecule has 0 bridgehead atoms. The number of likely N-dealkylation sites (tertiary alicyclic amines) is 1. The van der Waals surface area contributed by atoms with Crippen molar-refractivity contribution in [3.8, 4) is 0 Å². The van der Waals surface area contributed by atoms with Crippen molar-refractivity contribution >= 4 is 28.8 Å². The Morgan fingerprint density at radius 2 is 2.04 bits per heavy atom. The van der Waals surface area contributed by atoms with Crippen LogP contribution in [0.25, 0.3) is 0 Å². The van der Waals surface area contributed by atoms with Crippen molar-refractivity contribution in [1.29, 1.82) is 0 Å². The van der Waals surface area contributed by atoms with Crippen LogP contribution in [0.2, 0.25) is 0 Å². The molecule has 2 heterocycles. The molecule has 1 atom stereocenters. The van der Waals surface area contributed by atoms with Gasteiger partial charge in [0, 0.05) is 38.9 Å². The van der Waals surface area contributed by atoms with Gasteiger partial charge in [-0.05, 0) is 36.4 Å². The van der Waals surface area contributed by atoms with E-state index in [2.05, 4.69) is 22.3 Å². The summed E-state index contributed by atoms with van der Waals surface area (Å²) in [7, 11) is 2.02. The average molecular weight is 372 g/mol. The number of nitrogens with zero attached hydrogens (tertiary/aromatic N) is 2. The highest BCUT2D eigenvalue weighted by molar-refractivity contribution is 7.12. The van der Waals surface area contributed by atoms with E-state index in [4.69, 9.17) is 0 Å². The molecule has 0 spiro atoms. The molecule has 6 heteroatoms. The number of carbonyl (C=O) groups excluding carboxylic acids is 2. The molecule has 1 N–H and O–H groups in total. The van der Waals surface area contributed by atoms with E-state index in [0.717, 1.165) is 36.5 Å². The molecule has 1 saturated heterocycles. The van der Waals surface area contributed by atoms with Crippen molar-refractivity contribution in [2.45, 2.75) is 12.8 Å². The predicted octanol–water partition coefficient (Wildman–Crippen LogP) is 2.85. The first kappa shape index (κ1) is 18.5. The molecule has 3 rings (SSSR count). The van der Waals surface area contributed by atoms with Crippen LogP contribution >= 0.6 is 11.3 Å². The highest BCUT2D eigenvalue weighted by Crippen LogP contribution is 2.20. The Hall–Kier alpha value is -2.34. The molecule has 1 aromatic carbocycles. The van der Waals surface area contributed by atoms with E-state index in [-0.39, 0.29) is 17.7 Å². The van der Waals surface area contributed by atoms with Crippen molar-refractivity contribution < 1.29 is 9.59 Å². The fraction of sp³-hybridized carbons (Fsp3) is 0.400. The molecule has 2 amide bonds. The summed E-state index contributed by atoms with van der Waals surface area (Å²) < 4.78 is 0. The molecule has 0 aliphatic carbocycles. The molecule has 26 heavy (non-hydrogen) atoms. The van der Waals surface area contributed by atoms with Crippen molar-refractivity contribution in [1.82, 2.24) is 10.2 Å². The van der Waals surface area contributed by atoms with Gasteiger partial charge in [-0.2, -0.15) is 0 Å². The summed E-state index contributed by atoms with van der Waals surface area (Å²) in [6, 6.07) is 13.8. The van der Waals surface area contributed by atoms with Crippen LogP contribution in [-0.4, -0.2) is 49.9 Å². The third kappa shape index (κ3) is 4.64. The lowest BCUT2D eigenvalue weighted by molar-refractivity contribution is -0.126. The molecule has 5 nitrogen and oxygen atoms in total. The number of likely N-dealkylation sites (N-methyl/N-ethyl adjacent to an activating group) is 1. The van der Waals surface area contributed by atoms with Crippen LogP contribution in [0.15, 0.2) is 47.8 Å². The Morgan fingerprint density at radius 1 is 1.23 bits per heavy atom. The molecule has 1 aliphatic heterocycles. The van der Waals surface area contributed by atoms with E-state index in [1.165, 1.54) is 11.3 Å². The summed E-state index contributed by atoms with van der Waals surface area (Å²) in [6.07, 6.45) is 1.72. The fourth-order valence-corrected chi connectivity index (χ4v) is 3.93. The highest BCUT2D eigenvalue weighted by atomic mass is 32.1. The van der Waals surface area contributed by atoms with E-state index in [1.54, 1.807) is 0 Å². The largest absolute Gasteiger partial charge is 0.373 e. The monoisotopic (exact) mass is 371 g/mol. The van der Waals surface area contributed by atoms with Crippen LogP contribution < -0.4 is 10.2 Å². The second-order valence-electron chi connectivity index (χ2n) is 6.62. The summed E-state index contributed by atoms with van der Waals surface area (Å²) in [6.45, 7) is 2.59. The maximum Gasteiger partial charge on any atom is 0.263 e. The smallest absolute Gasteiger partial charge is 0.263 e. The van der Waals surface area contributed by atoms with Gasteiger partial charge >= 0.3 is 0 Å². The first-order chi connectivity index (χ1) is 12.6. The molecule has 138 valence electrons. The molecule has 0 saturated carbocycles. The van der Waals surface area contributed by atoms with Gasteiger partial charge in [-0.3, -0.25) is 9.59 Å². The third-order valence-corrected chi connectivity index (χ3v) is 5.61. The average Bonchev–Trinajstić information content (AvgIpc) is 3.23. The van der Waals surface area contributed by atoms with Gasteiger partial charge in [-0.1, -0.05) is 24.3 Å². The maximum atomic E-state index is 12.5. The molecular weight excluding hydrogens is 346 g/mol. The number of rotatable bonds is 6. The van der Waals surface area contributed by atoms with Crippen LogP contribution in [0, 0.1) is 5.92 Å². The van der Waals surface area contributed by atoms with E-state index < -0.39 is 0 Å². The number of carbonyl (C=O) groups is 2. The summed E-state index contributed by atoms with van der Waals surface area (Å²) in [5.41, 5.74) is 1.13. The summed E-state index contributed by atoms with van der Waals surface area (Å²) in [4.78, 5) is 29.7. The maximum absolute atomic E-state index is 12.5. The topological polar surface area (TPSA) is 52.7 Å². The van der Waals surface area contributed by atoms with Gasteiger partial charge in [0.25, 0.3) is 5.91 Å². The van der Waals surface area contributed by atoms with Crippen molar-refractivity contribution in [2.24, 2.45) is 5.92 Å². The van der Waals surface area contributed by atoms with Crippen LogP contribution in [0.3, 0.4) is 0 Å². The SMILES string of the molecule is CN(CCNC(=O)C1CCCN(C(=O)c2cccs2)C1)c1ccccc1. The normalized spacial score (nSPS) is 17.0. The first-order valence-electron chi connectivity index (χ1n) is 9.02. The summed E-state index contributed by atoms with van der Waals surface area (Å²) in [5.74, 6) is -0.0221. The molecule has 1 unspecified atom stereocenters. The van der Waals surface area contributed by atoms with Gasteiger partial charge in [0.1, 0.15) is 0 Å². The molecule has 1 aromatic heterocycles. The van der Waals surface area contributed by atoms with Crippen molar-refractivity contribution in [3.05, 3.63) is 52.7 Å². The Balaban J connectivity index is 1.46. The highest BCUT2D eigenvalue weighted by Gasteiger charge is 2.29. The molecule has 2 aromatic rings. The minimum Gasteiger partial charge on any atom is -0.373 e. The number of piperidine rings is 1. The van der Waals surface area contributed by atoms with Gasteiger partial charge in [0.2, 0.25) is 5.91 Å². The lowest BCUT2D eigenvalue weighted by Crippen LogP contribution is -2.46. The number of hydrogen-bond donors (Lipinski definition) is 1. The molecule has 1 aliphatic rings. The number of anilines is 1. The van der Waals surface area contributed by atoms with E-state index >= 15 is 0 Å². The second-order valence-corrected chi connectivity index (χ2v) is 7.56. The fourth-order valence-electron chi connectivity index (χ4n) is 3.23. The summed E-state index contributed by atoms with van der Waals surface area (Å²) in [5, 5.41) is 4.94. The van der Waals surface area contributed by atoms with E-state index in [1.807, 2.05) is 47.7 Å². The lowest BCUT2D eigenvalue weighted by Gasteiger charge is -2.32. The number of para-hydroxylation sites is 1. The van der Waals surface area contributed by atoms with Crippen LogP contribution in [0.4, 0.5) is 5.69 Å². The quantitative estimate of drug-likeness (QED) is 0.850. The molecule has 1 fully saturated rings. The number of nitrogens with one attached hydrogen (secondary N) is 1. The Bertz CT molecular complexity index is 718. The summed E-state index contributed by atoms with van der Waals surface area (Å²) >= 11 is 1.45. The lowest BCUT2D eigenvalue weighted by atomic mass is 9.97. The molecule has 0 radical (unpaired) electrons. The number of hydrogen-bond acceptors (Lipinski definition) is 4. The van der Waals surface area contributed by atoms with E-state index in [9.17, 15) is 9.59 Å². The van der Waals surface area contributed by atoms with Crippen molar-refractivity contribution in [3.63, 3.8) is 0 Å². The molecular formula is C20H25N3O2S. The minimum absolute atomic E-state index is 0.0429. The first-order valence-corrected chi connectivity index (χ1v) is 9.90. The minimum atomic E-state index is -0.116. The van der Waals surface area contributed by atoms with Gasteiger partial charge in [0.05, 0.1) is 10.8 Å². The van der Waals surface area contributed by atoms with Crippen molar-refractivity contribution in [2.75, 3.05) is 38.1 Å². The third-order valence-electron chi connectivity index (χ3n) is 4.75. The zero-order chi connectivity index (χ0) is 18.4. The number of benzene rings is 1. The Labute approximate surface area is 158 Å². The standard InChI is InChI=1S/C20H25N3O2S/c1-22(17-8-3-2-4-9-17)13-11-21-19(24)16-7-5-12-23(15-16)20(25)18-10-6-14-26-18/h2-4,6,8-10,14,16H,5,7,11-13,15H2,1H3,(H,21,24). The number of thiophene rings is 1. The van der Waals surface area contributed by atoms with Crippen LogP contribution in [0.5, 0.6) is 0 Å². The zero-order valence-corrected chi connectivity index (χ0v) is 15.9. The number of amides is 2.